The highest BCUT2D eigenvalue weighted by Crippen LogP contribution is 2.09. The van der Waals surface area contributed by atoms with Gasteiger partial charge in [-0.25, -0.2) is 0 Å². The maximum Gasteiger partial charge on any atom is 0.0581 e. The largest absolute Gasteiger partial charge is 0.393 e. The molecule has 2 heteroatoms. The van der Waals surface area contributed by atoms with Crippen LogP contribution in [0.1, 0.15) is 24.0 Å². The van der Waals surface area contributed by atoms with Crippen molar-refractivity contribution in [3.8, 4) is 0 Å². The quantitative estimate of drug-likeness (QED) is 0.727. The number of hydrogen-bond acceptors (Lipinski definition) is 2. The number of methoxy groups -OCH3 is 1. The highest BCUT2D eigenvalue weighted by atomic mass is 16.5. The van der Waals surface area contributed by atoms with E-state index in [4.69, 9.17) is 4.74 Å². The number of ether oxygens (including phenoxy) is 1. The molecular formula is C13H20O2. The van der Waals surface area contributed by atoms with E-state index in [2.05, 4.69) is 25.1 Å². The lowest BCUT2D eigenvalue weighted by Crippen LogP contribution is -2.11. The maximum absolute atomic E-state index is 9.76. The van der Waals surface area contributed by atoms with Crippen molar-refractivity contribution in [1.29, 1.82) is 0 Å². The fourth-order valence-corrected chi connectivity index (χ4v) is 1.68. The molecule has 0 aliphatic heterocycles. The lowest BCUT2D eigenvalue weighted by molar-refractivity contribution is 0.135. The van der Waals surface area contributed by atoms with Crippen molar-refractivity contribution in [2.75, 3.05) is 13.7 Å². The number of benzene rings is 1. The molecule has 0 aliphatic carbocycles. The Bertz CT molecular complexity index is 284. The molecule has 0 radical (unpaired) electrons. The second-order valence-corrected chi connectivity index (χ2v) is 3.98. The van der Waals surface area contributed by atoms with Gasteiger partial charge in [0.25, 0.3) is 0 Å². The number of aliphatic hydroxyl groups excluding tert-OH is 1. The van der Waals surface area contributed by atoms with Crippen LogP contribution in [0.5, 0.6) is 0 Å². The van der Waals surface area contributed by atoms with Crippen LogP contribution in [0.25, 0.3) is 0 Å². The third kappa shape index (κ3) is 4.96. The highest BCUT2D eigenvalue weighted by molar-refractivity contribution is 5.22. The van der Waals surface area contributed by atoms with Gasteiger partial charge in [0, 0.05) is 13.7 Å². The molecule has 1 N–H and O–H groups in total. The summed E-state index contributed by atoms with van der Waals surface area (Å²) in [6.45, 7) is 2.80. The Morgan fingerprint density at radius 1 is 1.40 bits per heavy atom. The Balaban J connectivity index is 2.34. The van der Waals surface area contributed by atoms with E-state index in [0.29, 0.717) is 0 Å². The average molecular weight is 208 g/mol. The molecule has 2 nitrogen and oxygen atoms in total. The first-order chi connectivity index (χ1) is 7.22. The molecule has 0 bridgehead atoms. The summed E-state index contributed by atoms with van der Waals surface area (Å²) >= 11 is 0. The molecule has 1 atom stereocenters. The Labute approximate surface area is 91.9 Å². The van der Waals surface area contributed by atoms with Crippen LogP contribution in [0, 0.1) is 6.92 Å². The molecule has 0 spiro atoms. The van der Waals surface area contributed by atoms with Gasteiger partial charge in [0.15, 0.2) is 0 Å². The summed E-state index contributed by atoms with van der Waals surface area (Å²) in [7, 11) is 1.69. The second-order valence-electron chi connectivity index (χ2n) is 3.98. The predicted molar refractivity (Wildman–Crippen MR) is 62.0 cm³/mol. The minimum atomic E-state index is -0.248. The molecular weight excluding hydrogens is 188 g/mol. The van der Waals surface area contributed by atoms with Crippen molar-refractivity contribution >= 4 is 0 Å². The van der Waals surface area contributed by atoms with Gasteiger partial charge in [-0.1, -0.05) is 29.8 Å². The van der Waals surface area contributed by atoms with Crippen molar-refractivity contribution in [1.82, 2.24) is 0 Å². The van der Waals surface area contributed by atoms with Crippen LogP contribution < -0.4 is 0 Å². The van der Waals surface area contributed by atoms with Crippen LogP contribution in [0.3, 0.4) is 0 Å². The molecule has 15 heavy (non-hydrogen) atoms. The summed E-state index contributed by atoms with van der Waals surface area (Å²) in [5, 5.41) is 9.76. The highest BCUT2D eigenvalue weighted by Gasteiger charge is 2.05. The third-order valence-corrected chi connectivity index (χ3v) is 2.44. The first-order valence-electron chi connectivity index (χ1n) is 5.45. The van der Waals surface area contributed by atoms with Crippen LogP contribution in [-0.4, -0.2) is 24.9 Å². The number of hydrogen-bond donors (Lipinski definition) is 1. The minimum Gasteiger partial charge on any atom is -0.393 e. The zero-order valence-electron chi connectivity index (χ0n) is 9.57. The summed E-state index contributed by atoms with van der Waals surface area (Å²) in [5.74, 6) is 0. The lowest BCUT2D eigenvalue weighted by Gasteiger charge is -2.10. The Morgan fingerprint density at radius 3 is 2.87 bits per heavy atom. The molecule has 0 saturated carbocycles. The fraction of sp³-hybridized carbons (Fsp3) is 0.538. The van der Waals surface area contributed by atoms with E-state index < -0.39 is 0 Å². The van der Waals surface area contributed by atoms with Gasteiger partial charge in [-0.2, -0.15) is 0 Å². The van der Waals surface area contributed by atoms with Crippen molar-refractivity contribution in [3.05, 3.63) is 35.4 Å². The molecule has 1 rings (SSSR count). The van der Waals surface area contributed by atoms with Gasteiger partial charge in [-0.15, -0.1) is 0 Å². The fourth-order valence-electron chi connectivity index (χ4n) is 1.68. The van der Waals surface area contributed by atoms with Gasteiger partial charge >= 0.3 is 0 Å². The summed E-state index contributed by atoms with van der Waals surface area (Å²) in [5.41, 5.74) is 2.46. The molecule has 0 heterocycles. The van der Waals surface area contributed by atoms with E-state index >= 15 is 0 Å². The molecule has 0 aliphatic rings. The van der Waals surface area contributed by atoms with E-state index in [-0.39, 0.29) is 6.10 Å². The monoisotopic (exact) mass is 208 g/mol. The summed E-state index contributed by atoms with van der Waals surface area (Å²) < 4.78 is 4.95. The van der Waals surface area contributed by atoms with Crippen LogP contribution in [0.15, 0.2) is 24.3 Å². The predicted octanol–water partition coefficient (Wildman–Crippen LogP) is 2.33. The van der Waals surface area contributed by atoms with Crippen molar-refractivity contribution in [2.24, 2.45) is 0 Å². The van der Waals surface area contributed by atoms with E-state index in [9.17, 15) is 5.11 Å². The molecule has 0 amide bonds. The summed E-state index contributed by atoms with van der Waals surface area (Å²) in [6, 6.07) is 8.29. The topological polar surface area (TPSA) is 29.5 Å². The number of aliphatic hydroxyl groups is 1. The lowest BCUT2D eigenvalue weighted by atomic mass is 10.0. The van der Waals surface area contributed by atoms with Gasteiger partial charge in [0.05, 0.1) is 6.10 Å². The van der Waals surface area contributed by atoms with E-state index in [1.54, 1.807) is 7.11 Å². The zero-order chi connectivity index (χ0) is 11.1. The van der Waals surface area contributed by atoms with Gasteiger partial charge < -0.3 is 9.84 Å². The van der Waals surface area contributed by atoms with Crippen molar-refractivity contribution in [2.45, 2.75) is 32.3 Å². The van der Waals surface area contributed by atoms with Crippen LogP contribution in [0.2, 0.25) is 0 Å². The molecule has 0 saturated heterocycles. The Hall–Kier alpha value is -0.860. The molecule has 84 valence electrons. The van der Waals surface area contributed by atoms with Gasteiger partial charge in [-0.3, -0.25) is 0 Å². The van der Waals surface area contributed by atoms with Crippen LogP contribution in [0.4, 0.5) is 0 Å². The van der Waals surface area contributed by atoms with Gasteiger partial charge in [-0.05, 0) is 31.7 Å². The Morgan fingerprint density at radius 2 is 2.20 bits per heavy atom. The standard InChI is InChI=1S/C13H20O2/c1-11-5-3-6-12(9-11)10-13(14)7-4-8-15-2/h3,5-6,9,13-14H,4,7-8,10H2,1-2H3. The second kappa shape index (κ2) is 6.59. The minimum absolute atomic E-state index is 0.248. The van der Waals surface area contributed by atoms with Gasteiger partial charge in [0.1, 0.15) is 0 Å². The first kappa shape index (κ1) is 12.2. The maximum atomic E-state index is 9.76. The Kier molecular flexibility index (Phi) is 5.37. The van der Waals surface area contributed by atoms with E-state index in [1.165, 1.54) is 11.1 Å². The molecule has 0 fully saturated rings. The molecule has 1 unspecified atom stereocenters. The van der Waals surface area contributed by atoms with Crippen molar-refractivity contribution in [3.63, 3.8) is 0 Å². The molecule has 1 aromatic carbocycles. The summed E-state index contributed by atoms with van der Waals surface area (Å²) in [4.78, 5) is 0. The van der Waals surface area contributed by atoms with Crippen LogP contribution >= 0.6 is 0 Å². The number of aryl methyl sites for hydroxylation is 1. The van der Waals surface area contributed by atoms with Crippen LogP contribution in [-0.2, 0) is 11.2 Å². The zero-order valence-corrected chi connectivity index (χ0v) is 9.57. The number of rotatable bonds is 6. The molecule has 0 aromatic heterocycles. The van der Waals surface area contributed by atoms with E-state index in [0.717, 1.165) is 25.9 Å². The van der Waals surface area contributed by atoms with E-state index in [1.807, 2.05) is 6.07 Å². The normalized spacial score (nSPS) is 12.7. The molecule has 1 aromatic rings. The smallest absolute Gasteiger partial charge is 0.0581 e. The third-order valence-electron chi connectivity index (χ3n) is 2.44. The van der Waals surface area contributed by atoms with Gasteiger partial charge in [0.2, 0.25) is 0 Å². The SMILES string of the molecule is COCCCC(O)Cc1cccc(C)c1. The average Bonchev–Trinajstić information content (AvgIpc) is 2.18. The first-order valence-corrected chi connectivity index (χ1v) is 5.45. The summed E-state index contributed by atoms with van der Waals surface area (Å²) in [6.07, 6.45) is 2.22. The van der Waals surface area contributed by atoms with Crippen molar-refractivity contribution < 1.29 is 9.84 Å².